The summed E-state index contributed by atoms with van der Waals surface area (Å²) >= 11 is -0.0546. The van der Waals surface area contributed by atoms with Crippen LogP contribution in [0.25, 0.3) is 0 Å². The molecule has 0 aliphatic carbocycles. The van der Waals surface area contributed by atoms with Crippen molar-refractivity contribution in [1.29, 1.82) is 0 Å². The van der Waals surface area contributed by atoms with Gasteiger partial charge in [-0.2, -0.15) is 13.2 Å². The summed E-state index contributed by atoms with van der Waals surface area (Å²) in [5.74, 6) is 0. The maximum absolute atomic E-state index is 12.3. The molecule has 1 N–H and O–H groups in total. The molecular weight excluding hydrogens is 235 g/mol. The Morgan fingerprint density at radius 1 is 1.25 bits per heavy atom. The van der Waals surface area contributed by atoms with Crippen LogP contribution in [-0.4, -0.2) is 12.1 Å². The van der Waals surface area contributed by atoms with Gasteiger partial charge in [-0.15, -0.1) is 0 Å². The van der Waals surface area contributed by atoms with Crippen LogP contribution >= 0.6 is 11.8 Å². The van der Waals surface area contributed by atoms with E-state index in [1.165, 1.54) is 6.07 Å². The first-order chi connectivity index (χ1) is 7.53. The third-order valence-electron chi connectivity index (χ3n) is 1.94. The van der Waals surface area contributed by atoms with Crippen LogP contribution in [0, 0.1) is 0 Å². The second kappa shape index (κ2) is 6.15. The van der Waals surface area contributed by atoms with Crippen LogP contribution < -0.4 is 5.32 Å². The van der Waals surface area contributed by atoms with Gasteiger partial charge in [0, 0.05) is 11.4 Å². The Kier molecular flexibility index (Phi) is 5.15. The summed E-state index contributed by atoms with van der Waals surface area (Å²) < 4.78 is 36.8. The third-order valence-corrected chi connectivity index (χ3v) is 2.79. The summed E-state index contributed by atoms with van der Waals surface area (Å²) in [5.41, 5.74) is -3.53. The fraction of sp³-hybridized carbons (Fsp3) is 0.455. The van der Waals surface area contributed by atoms with Gasteiger partial charge in [-0.1, -0.05) is 25.1 Å². The van der Waals surface area contributed by atoms with Gasteiger partial charge in [-0.3, -0.25) is 0 Å². The van der Waals surface area contributed by atoms with E-state index in [0.717, 1.165) is 13.0 Å². The van der Waals surface area contributed by atoms with E-state index in [2.05, 4.69) is 5.32 Å². The van der Waals surface area contributed by atoms with Crippen molar-refractivity contribution in [3.63, 3.8) is 0 Å². The number of hydrogen-bond donors (Lipinski definition) is 1. The number of halogens is 3. The second-order valence-electron chi connectivity index (χ2n) is 3.33. The Hall–Kier alpha value is -0.680. The van der Waals surface area contributed by atoms with Gasteiger partial charge in [-0.05, 0) is 36.4 Å². The summed E-state index contributed by atoms with van der Waals surface area (Å²) in [6.45, 7) is 3.31. The molecule has 5 heteroatoms. The van der Waals surface area contributed by atoms with Crippen LogP contribution in [-0.2, 0) is 6.54 Å². The lowest BCUT2D eigenvalue weighted by Crippen LogP contribution is -2.14. The van der Waals surface area contributed by atoms with Crippen LogP contribution in [0.4, 0.5) is 13.2 Å². The zero-order chi connectivity index (χ0) is 12.0. The smallest absolute Gasteiger partial charge is 0.313 e. The quantitative estimate of drug-likeness (QED) is 0.629. The molecule has 0 radical (unpaired) electrons. The molecular formula is C11H14F3NS. The first-order valence-corrected chi connectivity index (χ1v) is 5.89. The Bertz CT molecular complexity index is 325. The Morgan fingerprint density at radius 2 is 1.94 bits per heavy atom. The van der Waals surface area contributed by atoms with E-state index >= 15 is 0 Å². The monoisotopic (exact) mass is 249 g/mol. The van der Waals surface area contributed by atoms with Crippen LogP contribution in [0.5, 0.6) is 0 Å². The number of hydrogen-bond acceptors (Lipinski definition) is 2. The van der Waals surface area contributed by atoms with Gasteiger partial charge < -0.3 is 5.32 Å². The van der Waals surface area contributed by atoms with Gasteiger partial charge in [0.15, 0.2) is 0 Å². The molecule has 1 rings (SSSR count). The fourth-order valence-corrected chi connectivity index (χ4v) is 1.94. The summed E-state index contributed by atoms with van der Waals surface area (Å²) in [4.78, 5) is 0.276. The van der Waals surface area contributed by atoms with Crippen molar-refractivity contribution in [3.05, 3.63) is 29.8 Å². The van der Waals surface area contributed by atoms with E-state index in [9.17, 15) is 13.2 Å². The molecule has 0 aliphatic heterocycles. The van der Waals surface area contributed by atoms with Crippen molar-refractivity contribution >= 4 is 11.8 Å². The van der Waals surface area contributed by atoms with E-state index in [1.54, 1.807) is 18.2 Å². The minimum absolute atomic E-state index is 0.0546. The molecule has 90 valence electrons. The second-order valence-corrected chi connectivity index (χ2v) is 4.44. The number of nitrogens with one attached hydrogen (secondary N) is 1. The van der Waals surface area contributed by atoms with Crippen molar-refractivity contribution in [1.82, 2.24) is 5.32 Å². The highest BCUT2D eigenvalue weighted by molar-refractivity contribution is 8.00. The Labute approximate surface area is 97.4 Å². The molecule has 1 aromatic carbocycles. The predicted octanol–water partition coefficient (Wildman–Crippen LogP) is 3.80. The first-order valence-electron chi connectivity index (χ1n) is 5.07. The Balaban J connectivity index is 2.68. The molecule has 0 aliphatic rings. The van der Waals surface area contributed by atoms with Crippen molar-refractivity contribution in [3.8, 4) is 0 Å². The highest BCUT2D eigenvalue weighted by Gasteiger charge is 2.30. The normalized spacial score (nSPS) is 11.8. The predicted molar refractivity (Wildman–Crippen MR) is 60.4 cm³/mol. The van der Waals surface area contributed by atoms with Crippen LogP contribution in [0.2, 0.25) is 0 Å². The topological polar surface area (TPSA) is 12.0 Å². The zero-order valence-electron chi connectivity index (χ0n) is 8.97. The Morgan fingerprint density at radius 3 is 2.56 bits per heavy atom. The zero-order valence-corrected chi connectivity index (χ0v) is 9.79. The molecule has 1 aromatic rings. The molecule has 0 unspecified atom stereocenters. The van der Waals surface area contributed by atoms with Gasteiger partial charge in [0.2, 0.25) is 0 Å². The van der Waals surface area contributed by atoms with Gasteiger partial charge in [0.1, 0.15) is 0 Å². The van der Waals surface area contributed by atoms with E-state index in [1.807, 2.05) is 6.92 Å². The van der Waals surface area contributed by atoms with Gasteiger partial charge in [-0.25, -0.2) is 0 Å². The molecule has 0 aromatic heterocycles. The molecule has 0 atom stereocenters. The molecule has 0 bridgehead atoms. The highest BCUT2D eigenvalue weighted by atomic mass is 32.2. The molecule has 1 nitrogen and oxygen atoms in total. The van der Waals surface area contributed by atoms with Crippen LogP contribution in [0.15, 0.2) is 29.2 Å². The third kappa shape index (κ3) is 4.90. The number of alkyl halides is 3. The van der Waals surface area contributed by atoms with E-state index in [4.69, 9.17) is 0 Å². The average Bonchev–Trinajstić information content (AvgIpc) is 2.19. The van der Waals surface area contributed by atoms with Crippen molar-refractivity contribution in [2.24, 2.45) is 0 Å². The van der Waals surface area contributed by atoms with Gasteiger partial charge in [0.05, 0.1) is 0 Å². The lowest BCUT2D eigenvalue weighted by Gasteiger charge is -2.11. The lowest BCUT2D eigenvalue weighted by atomic mass is 10.2. The van der Waals surface area contributed by atoms with Crippen molar-refractivity contribution in [2.45, 2.75) is 30.3 Å². The average molecular weight is 249 g/mol. The van der Waals surface area contributed by atoms with Gasteiger partial charge in [0.25, 0.3) is 0 Å². The number of benzene rings is 1. The minimum Gasteiger partial charge on any atom is -0.313 e. The fourth-order valence-electron chi connectivity index (χ4n) is 1.27. The van der Waals surface area contributed by atoms with E-state index < -0.39 is 5.51 Å². The molecule has 0 spiro atoms. The molecule has 0 amide bonds. The maximum Gasteiger partial charge on any atom is 0.446 e. The number of thioether (sulfide) groups is 1. The summed E-state index contributed by atoms with van der Waals surface area (Å²) in [5, 5.41) is 3.10. The first kappa shape index (κ1) is 13.4. The SMILES string of the molecule is CCCNCc1ccccc1SC(F)(F)F. The standard InChI is InChI=1S/C11H14F3NS/c1-2-7-15-8-9-5-3-4-6-10(9)16-11(12,13)14/h3-6,15H,2,7-8H2,1H3. The summed E-state index contributed by atoms with van der Waals surface area (Å²) in [6, 6.07) is 6.60. The summed E-state index contributed by atoms with van der Waals surface area (Å²) in [7, 11) is 0. The van der Waals surface area contributed by atoms with E-state index in [-0.39, 0.29) is 16.7 Å². The van der Waals surface area contributed by atoms with Crippen molar-refractivity contribution in [2.75, 3.05) is 6.54 Å². The summed E-state index contributed by atoms with van der Waals surface area (Å²) in [6.07, 6.45) is 0.967. The van der Waals surface area contributed by atoms with Gasteiger partial charge >= 0.3 is 5.51 Å². The molecule has 16 heavy (non-hydrogen) atoms. The lowest BCUT2D eigenvalue weighted by molar-refractivity contribution is -0.0328. The minimum atomic E-state index is -4.22. The van der Waals surface area contributed by atoms with Crippen LogP contribution in [0.3, 0.4) is 0 Å². The molecule has 0 heterocycles. The maximum atomic E-state index is 12.3. The van der Waals surface area contributed by atoms with Crippen molar-refractivity contribution < 1.29 is 13.2 Å². The van der Waals surface area contributed by atoms with E-state index in [0.29, 0.717) is 12.1 Å². The van der Waals surface area contributed by atoms with Crippen LogP contribution in [0.1, 0.15) is 18.9 Å². The largest absolute Gasteiger partial charge is 0.446 e. The molecule has 0 saturated heterocycles. The molecule has 0 fully saturated rings. The molecule has 0 saturated carbocycles. The highest BCUT2D eigenvalue weighted by Crippen LogP contribution is 2.38. The number of rotatable bonds is 5.